The monoisotopic (exact) mass is 281 g/mol. The number of halogens is 1. The van der Waals surface area contributed by atoms with Crippen LogP contribution in [0.3, 0.4) is 0 Å². The third-order valence-electron chi connectivity index (χ3n) is 3.46. The molecule has 0 aliphatic carbocycles. The van der Waals surface area contributed by atoms with Gasteiger partial charge in [-0.05, 0) is 40.6 Å². The van der Waals surface area contributed by atoms with Gasteiger partial charge in [-0.15, -0.1) is 0 Å². The van der Waals surface area contributed by atoms with Crippen molar-refractivity contribution in [3.05, 3.63) is 77.6 Å². The van der Waals surface area contributed by atoms with E-state index in [9.17, 15) is 4.39 Å². The first-order valence-corrected chi connectivity index (χ1v) is 6.85. The molecule has 0 heterocycles. The van der Waals surface area contributed by atoms with E-state index in [1.54, 1.807) is 12.1 Å². The van der Waals surface area contributed by atoms with Gasteiger partial charge in [-0.3, -0.25) is 0 Å². The molecule has 21 heavy (non-hydrogen) atoms. The SMILES string of the molecule is NCc1cc(COc2ccc3ccccc3c2)ccc1F. The van der Waals surface area contributed by atoms with Crippen LogP contribution in [0.5, 0.6) is 5.75 Å². The second-order valence-corrected chi connectivity index (χ2v) is 4.93. The van der Waals surface area contributed by atoms with Crippen LogP contribution in [-0.4, -0.2) is 0 Å². The predicted molar refractivity (Wildman–Crippen MR) is 82.6 cm³/mol. The molecule has 3 aromatic rings. The van der Waals surface area contributed by atoms with Crippen molar-refractivity contribution in [2.24, 2.45) is 5.73 Å². The molecule has 106 valence electrons. The lowest BCUT2D eigenvalue weighted by Crippen LogP contribution is -2.02. The minimum atomic E-state index is -0.271. The molecule has 0 unspecified atom stereocenters. The number of ether oxygens (including phenoxy) is 1. The Hall–Kier alpha value is -2.39. The lowest BCUT2D eigenvalue weighted by Gasteiger charge is -2.09. The maximum Gasteiger partial charge on any atom is 0.127 e. The van der Waals surface area contributed by atoms with Gasteiger partial charge in [0, 0.05) is 12.1 Å². The molecule has 0 aromatic heterocycles. The third-order valence-corrected chi connectivity index (χ3v) is 3.46. The number of fused-ring (bicyclic) bond motifs is 1. The first-order chi connectivity index (χ1) is 10.3. The summed E-state index contributed by atoms with van der Waals surface area (Å²) >= 11 is 0. The van der Waals surface area contributed by atoms with Crippen molar-refractivity contribution in [1.82, 2.24) is 0 Å². The van der Waals surface area contributed by atoms with Gasteiger partial charge in [-0.25, -0.2) is 4.39 Å². The summed E-state index contributed by atoms with van der Waals surface area (Å²) in [5, 5.41) is 2.31. The van der Waals surface area contributed by atoms with E-state index in [-0.39, 0.29) is 12.4 Å². The molecule has 0 fully saturated rings. The van der Waals surface area contributed by atoms with Gasteiger partial charge in [0.25, 0.3) is 0 Å². The van der Waals surface area contributed by atoms with E-state index >= 15 is 0 Å². The molecule has 0 aliphatic heterocycles. The van der Waals surface area contributed by atoms with Crippen LogP contribution in [0.1, 0.15) is 11.1 Å². The van der Waals surface area contributed by atoms with E-state index in [0.717, 1.165) is 16.7 Å². The van der Waals surface area contributed by atoms with E-state index in [0.29, 0.717) is 12.2 Å². The van der Waals surface area contributed by atoms with Gasteiger partial charge in [-0.2, -0.15) is 0 Å². The minimum Gasteiger partial charge on any atom is -0.489 e. The topological polar surface area (TPSA) is 35.2 Å². The van der Waals surface area contributed by atoms with Crippen molar-refractivity contribution in [1.29, 1.82) is 0 Å². The number of hydrogen-bond acceptors (Lipinski definition) is 2. The summed E-state index contributed by atoms with van der Waals surface area (Å²) in [6.45, 7) is 0.585. The highest BCUT2D eigenvalue weighted by atomic mass is 19.1. The highest BCUT2D eigenvalue weighted by Gasteiger charge is 2.03. The standard InChI is InChI=1S/C18H16FNO/c19-18-8-5-13(9-16(18)11-20)12-21-17-7-6-14-3-1-2-4-15(14)10-17/h1-10H,11-12,20H2. The van der Waals surface area contributed by atoms with Crippen molar-refractivity contribution < 1.29 is 9.13 Å². The molecule has 0 saturated heterocycles. The summed E-state index contributed by atoms with van der Waals surface area (Å²) in [5.41, 5.74) is 6.92. The molecule has 2 nitrogen and oxygen atoms in total. The Morgan fingerprint density at radius 1 is 0.905 bits per heavy atom. The molecule has 3 rings (SSSR count). The normalized spacial score (nSPS) is 10.8. The van der Waals surface area contributed by atoms with Crippen LogP contribution < -0.4 is 10.5 Å². The fourth-order valence-corrected chi connectivity index (χ4v) is 2.30. The smallest absolute Gasteiger partial charge is 0.127 e. The van der Waals surface area contributed by atoms with E-state index in [1.165, 1.54) is 11.5 Å². The summed E-state index contributed by atoms with van der Waals surface area (Å²) in [7, 11) is 0. The fraction of sp³-hybridized carbons (Fsp3) is 0.111. The lowest BCUT2D eigenvalue weighted by molar-refractivity contribution is 0.306. The second kappa shape index (κ2) is 5.94. The Labute approximate surface area is 123 Å². The van der Waals surface area contributed by atoms with E-state index in [1.807, 2.05) is 36.4 Å². The van der Waals surface area contributed by atoms with Crippen molar-refractivity contribution in [2.75, 3.05) is 0 Å². The Morgan fingerprint density at radius 2 is 1.71 bits per heavy atom. The zero-order chi connectivity index (χ0) is 14.7. The summed E-state index contributed by atoms with van der Waals surface area (Å²) in [4.78, 5) is 0. The highest BCUT2D eigenvalue weighted by Crippen LogP contribution is 2.21. The molecule has 0 amide bonds. The molecule has 0 atom stereocenters. The zero-order valence-corrected chi connectivity index (χ0v) is 11.6. The molecule has 2 N–H and O–H groups in total. The fourth-order valence-electron chi connectivity index (χ4n) is 2.30. The molecule has 0 spiro atoms. The second-order valence-electron chi connectivity index (χ2n) is 4.93. The average Bonchev–Trinajstić information content (AvgIpc) is 2.54. The molecule has 0 saturated carbocycles. The summed E-state index contributed by atoms with van der Waals surface area (Å²) < 4.78 is 19.2. The van der Waals surface area contributed by atoms with Crippen molar-refractivity contribution in [3.63, 3.8) is 0 Å². The maximum atomic E-state index is 13.4. The van der Waals surface area contributed by atoms with Gasteiger partial charge < -0.3 is 10.5 Å². The summed E-state index contributed by atoms with van der Waals surface area (Å²) in [6.07, 6.45) is 0. The van der Waals surface area contributed by atoms with Crippen molar-refractivity contribution in [2.45, 2.75) is 13.2 Å². The van der Waals surface area contributed by atoms with E-state index < -0.39 is 0 Å². The first-order valence-electron chi connectivity index (χ1n) is 6.85. The van der Waals surface area contributed by atoms with Crippen molar-refractivity contribution in [3.8, 4) is 5.75 Å². The molecular weight excluding hydrogens is 265 g/mol. The Kier molecular flexibility index (Phi) is 3.84. The van der Waals surface area contributed by atoms with Gasteiger partial charge in [0.15, 0.2) is 0 Å². The minimum absolute atomic E-state index is 0.190. The molecule has 0 bridgehead atoms. The Bertz CT molecular complexity index is 770. The van der Waals surface area contributed by atoms with Gasteiger partial charge >= 0.3 is 0 Å². The Balaban J connectivity index is 1.76. The average molecular weight is 281 g/mol. The van der Waals surface area contributed by atoms with Crippen LogP contribution in [0.25, 0.3) is 10.8 Å². The van der Waals surface area contributed by atoms with Crippen LogP contribution in [0, 0.1) is 5.82 Å². The van der Waals surface area contributed by atoms with Crippen LogP contribution in [0.4, 0.5) is 4.39 Å². The number of nitrogens with two attached hydrogens (primary N) is 1. The number of rotatable bonds is 4. The van der Waals surface area contributed by atoms with Gasteiger partial charge in [0.05, 0.1) is 0 Å². The van der Waals surface area contributed by atoms with E-state index in [2.05, 4.69) is 6.07 Å². The van der Waals surface area contributed by atoms with Gasteiger partial charge in [0.1, 0.15) is 18.2 Å². The van der Waals surface area contributed by atoms with Crippen LogP contribution >= 0.6 is 0 Å². The lowest BCUT2D eigenvalue weighted by atomic mass is 10.1. The highest BCUT2D eigenvalue weighted by molar-refractivity contribution is 5.83. The molecular formula is C18H16FNO. The first kappa shape index (κ1) is 13.6. The molecule has 0 aliphatic rings. The molecule has 3 aromatic carbocycles. The molecule has 3 heteroatoms. The number of hydrogen-bond donors (Lipinski definition) is 1. The van der Waals surface area contributed by atoms with Crippen LogP contribution in [0.15, 0.2) is 60.7 Å². The van der Waals surface area contributed by atoms with Crippen LogP contribution in [-0.2, 0) is 13.2 Å². The summed E-state index contributed by atoms with van der Waals surface area (Å²) in [6, 6.07) is 19.0. The predicted octanol–water partition coefficient (Wildman–Crippen LogP) is 4.02. The summed E-state index contributed by atoms with van der Waals surface area (Å²) in [5.74, 6) is 0.527. The quantitative estimate of drug-likeness (QED) is 0.784. The zero-order valence-electron chi connectivity index (χ0n) is 11.6. The van der Waals surface area contributed by atoms with E-state index in [4.69, 9.17) is 10.5 Å². The van der Waals surface area contributed by atoms with Crippen molar-refractivity contribution >= 4 is 10.8 Å². The van der Waals surface area contributed by atoms with Gasteiger partial charge in [-0.1, -0.05) is 36.4 Å². The molecule has 0 radical (unpaired) electrons. The van der Waals surface area contributed by atoms with Crippen LogP contribution in [0.2, 0.25) is 0 Å². The number of benzene rings is 3. The third kappa shape index (κ3) is 3.03. The Morgan fingerprint density at radius 3 is 2.52 bits per heavy atom. The maximum absolute atomic E-state index is 13.4. The van der Waals surface area contributed by atoms with Gasteiger partial charge in [0.2, 0.25) is 0 Å². The largest absolute Gasteiger partial charge is 0.489 e.